The number of nitrogens with zero attached hydrogens (tertiary/aromatic N) is 8. The minimum atomic E-state index is -0.696. The lowest BCUT2D eigenvalue weighted by Gasteiger charge is -2.51. The summed E-state index contributed by atoms with van der Waals surface area (Å²) in [7, 11) is 1.53. The van der Waals surface area contributed by atoms with E-state index in [-0.39, 0.29) is 83.2 Å². The average molecular weight is 2080 g/mol. The van der Waals surface area contributed by atoms with Gasteiger partial charge in [0.15, 0.2) is 46.3 Å². The van der Waals surface area contributed by atoms with Crippen molar-refractivity contribution < 1.29 is 60.4 Å². The van der Waals surface area contributed by atoms with Crippen molar-refractivity contribution >= 4 is 140 Å². The van der Waals surface area contributed by atoms with Gasteiger partial charge in [-0.1, -0.05) is 135 Å². The van der Waals surface area contributed by atoms with E-state index in [0.29, 0.717) is 120 Å². The summed E-state index contributed by atoms with van der Waals surface area (Å²) < 4.78 is 85.3. The van der Waals surface area contributed by atoms with Gasteiger partial charge in [-0.05, 0) is 241 Å². The molecule has 738 valence electrons. The summed E-state index contributed by atoms with van der Waals surface area (Å²) >= 11 is 49.4. The van der Waals surface area contributed by atoms with Crippen LogP contribution in [-0.4, -0.2) is 174 Å². The minimum absolute atomic E-state index is 0.0630. The Kier molecular flexibility index (Phi) is 34.2. The van der Waals surface area contributed by atoms with Gasteiger partial charge in [-0.2, -0.15) is 0 Å². The molecule has 4 aromatic heterocycles. The van der Waals surface area contributed by atoms with Gasteiger partial charge in [-0.25, -0.2) is 37.5 Å². The van der Waals surface area contributed by atoms with Crippen molar-refractivity contribution in [3.05, 3.63) is 297 Å². The molecule has 11 heterocycles. The van der Waals surface area contributed by atoms with Crippen LogP contribution in [0, 0.1) is 34.6 Å². The molecule has 4 amide bonds. The Hall–Kier alpha value is -11.7. The van der Waals surface area contributed by atoms with Crippen molar-refractivity contribution in [3.8, 4) is 73.3 Å². The van der Waals surface area contributed by atoms with Crippen LogP contribution in [0.2, 0.25) is 40.2 Å². The van der Waals surface area contributed by atoms with Gasteiger partial charge >= 0.3 is 0 Å². The van der Waals surface area contributed by atoms with Crippen molar-refractivity contribution in [3.63, 3.8) is 0 Å². The number of carbonyl (C=O) groups is 4. The van der Waals surface area contributed by atoms with E-state index in [1.165, 1.54) is 55.6 Å². The molecular formula is C104H104Cl8F4N16O9. The van der Waals surface area contributed by atoms with Gasteiger partial charge in [0, 0.05) is 178 Å². The number of benzene rings is 8. The Balaban J connectivity index is 0.000000142. The van der Waals surface area contributed by atoms with Crippen molar-refractivity contribution in [2.45, 2.75) is 90.3 Å². The summed E-state index contributed by atoms with van der Waals surface area (Å²) in [6.07, 6.45) is 9.39. The number of rotatable bonds is 23. The highest BCUT2D eigenvalue weighted by Crippen LogP contribution is 2.46. The number of nitrogens with two attached hydrogens (primary N) is 4. The normalized spacial score (nSPS) is 17.1. The molecule has 5 atom stereocenters. The molecule has 8 aromatic carbocycles. The van der Waals surface area contributed by atoms with Gasteiger partial charge < -0.3 is 82.6 Å². The molecule has 7 aliphatic heterocycles. The average Bonchev–Trinajstić information content (AvgIpc) is 1.71. The molecule has 0 saturated carbocycles. The molecule has 25 nitrogen and oxygen atoms in total. The number of carbonyl (C=O) groups excluding carboxylic acids is 4. The highest BCUT2D eigenvalue weighted by Gasteiger charge is 2.42. The smallest absolute Gasteiger partial charge is 0.257 e. The number of halogens is 12. The first-order valence-electron chi connectivity index (χ1n) is 46.0. The molecule has 7 fully saturated rings. The second-order valence-electron chi connectivity index (χ2n) is 35.2. The summed E-state index contributed by atoms with van der Waals surface area (Å²) in [6.45, 7) is 19.6. The van der Waals surface area contributed by atoms with Crippen LogP contribution in [-0.2, 0) is 0 Å². The van der Waals surface area contributed by atoms with Crippen molar-refractivity contribution in [2.75, 3.05) is 128 Å². The first-order chi connectivity index (χ1) is 67.7. The first-order valence-corrected chi connectivity index (χ1v) is 49.0. The molecule has 37 heteroatoms. The summed E-state index contributed by atoms with van der Waals surface area (Å²) in [6, 6.07) is 45.3. The second-order valence-corrected chi connectivity index (χ2v) is 38.4. The Morgan fingerprint density at radius 1 is 0.418 bits per heavy atom. The van der Waals surface area contributed by atoms with Crippen LogP contribution < -0.4 is 67.9 Å². The van der Waals surface area contributed by atoms with Crippen LogP contribution in [0.25, 0.3) is 44.5 Å². The van der Waals surface area contributed by atoms with E-state index in [1.54, 1.807) is 106 Å². The molecule has 7 saturated heterocycles. The SMILES string of the molecule is CC(Oc1cc(-c2ccc(C(=O)N3CCC4(CCNCC4)C3)cc2)cnc1N)c1c(Cl)ccc(F)c1Cl.CC(Oc1cc(-c2ccc(C(=O)N3CCN4CC3C4)cc2)cnc1N)c1c(Cl)ccc(F)c1Cl.CC(Oc1cc(-c2ccc(C(=O)NCC3CCCNC3)cc2)cnc1N)c1c(Cl)ccc(F)c1Cl.COc1cc(-c2cnc(N)c(OC(C)c3c(Cl)ccc(F)c3Cl)c2)ccc1C(=O)N1CCNCC1. The number of fused-ring (bicyclic) bond motifs is 2. The third-order valence-corrected chi connectivity index (χ3v) is 28.8. The largest absolute Gasteiger partial charge is 0.496 e. The number of piperazine rings is 3. The Morgan fingerprint density at radius 2 is 0.794 bits per heavy atom. The molecule has 5 unspecified atom stereocenters. The number of aromatic nitrogens is 4. The van der Waals surface area contributed by atoms with E-state index >= 15 is 0 Å². The number of hydrogen-bond donors (Lipinski definition) is 8. The zero-order chi connectivity index (χ0) is 100. The minimum Gasteiger partial charge on any atom is -0.496 e. The maximum Gasteiger partial charge on any atom is 0.257 e. The monoisotopic (exact) mass is 2080 g/mol. The van der Waals surface area contributed by atoms with E-state index < -0.39 is 47.7 Å². The lowest BCUT2D eigenvalue weighted by atomic mass is 9.78. The van der Waals surface area contributed by atoms with E-state index in [9.17, 15) is 36.7 Å². The molecular weight excluding hydrogens is 1980 g/mol. The van der Waals surface area contributed by atoms with Crippen LogP contribution in [0.3, 0.4) is 0 Å². The predicted molar refractivity (Wildman–Crippen MR) is 548 cm³/mol. The Bertz CT molecular complexity index is 6570. The first kappa shape index (κ1) is 104. The summed E-state index contributed by atoms with van der Waals surface area (Å²) in [4.78, 5) is 76.7. The molecule has 2 bridgehead atoms. The van der Waals surface area contributed by atoms with E-state index in [1.807, 2.05) is 76.5 Å². The van der Waals surface area contributed by atoms with E-state index in [2.05, 4.69) is 46.1 Å². The van der Waals surface area contributed by atoms with Crippen LogP contribution in [0.5, 0.6) is 28.7 Å². The van der Waals surface area contributed by atoms with Gasteiger partial charge in [0.25, 0.3) is 23.6 Å². The zero-order valence-electron chi connectivity index (χ0n) is 77.6. The summed E-state index contributed by atoms with van der Waals surface area (Å²) in [5, 5.41) is 13.8. The number of hydrogen-bond acceptors (Lipinski definition) is 21. The number of ether oxygens (including phenoxy) is 5. The molecule has 12 aromatic rings. The topological polar surface area (TPSA) is 331 Å². The molecule has 0 radical (unpaired) electrons. The molecule has 1 spiro atoms. The maximum atomic E-state index is 14.0. The molecule has 7 aliphatic rings. The number of methoxy groups -OCH3 is 1. The Morgan fingerprint density at radius 3 is 1.18 bits per heavy atom. The van der Waals surface area contributed by atoms with Crippen LogP contribution >= 0.6 is 92.8 Å². The van der Waals surface area contributed by atoms with Gasteiger partial charge in [-0.3, -0.25) is 24.1 Å². The summed E-state index contributed by atoms with van der Waals surface area (Å²) in [5.74, 6) is 0.495. The lowest BCUT2D eigenvalue weighted by Crippen LogP contribution is -2.67. The maximum absolute atomic E-state index is 14.0. The van der Waals surface area contributed by atoms with Gasteiger partial charge in [0.1, 0.15) is 53.4 Å². The van der Waals surface area contributed by atoms with Crippen molar-refractivity contribution in [1.29, 1.82) is 0 Å². The third-order valence-electron chi connectivity index (χ3n) is 25.9. The molecule has 0 aliphatic carbocycles. The fourth-order valence-corrected chi connectivity index (χ4v) is 20.6. The molecule has 141 heavy (non-hydrogen) atoms. The number of amides is 4. The van der Waals surface area contributed by atoms with Crippen molar-refractivity contribution in [2.24, 2.45) is 11.3 Å². The van der Waals surface area contributed by atoms with Gasteiger partial charge in [0.05, 0.1) is 38.8 Å². The third kappa shape index (κ3) is 24.6. The van der Waals surface area contributed by atoms with Gasteiger partial charge in [0.2, 0.25) is 0 Å². The highest BCUT2D eigenvalue weighted by molar-refractivity contribution is 6.38. The Labute approximate surface area is 854 Å². The second kappa shape index (κ2) is 46.6. The zero-order valence-corrected chi connectivity index (χ0v) is 83.6. The number of nitrogens with one attached hydrogen (secondary N) is 4. The van der Waals surface area contributed by atoms with E-state index in [4.69, 9.17) is 139 Å². The highest BCUT2D eigenvalue weighted by atomic mass is 35.5. The molecule has 19 rings (SSSR count). The van der Waals surface area contributed by atoms with Crippen molar-refractivity contribution in [1.82, 2.24) is 60.8 Å². The van der Waals surface area contributed by atoms with Gasteiger partial charge in [-0.15, -0.1) is 0 Å². The quantitative estimate of drug-likeness (QED) is 0.0218. The number of anilines is 4. The number of likely N-dealkylation sites (tertiary alicyclic amines) is 1. The summed E-state index contributed by atoms with van der Waals surface area (Å²) in [5.41, 5.74) is 34.4. The lowest BCUT2D eigenvalue weighted by molar-refractivity contribution is -0.0144. The fraction of sp³-hybridized carbons (Fsp3) is 0.308. The number of pyridine rings is 4. The van der Waals surface area contributed by atoms with Crippen LogP contribution in [0.1, 0.15) is 148 Å². The molecule has 12 N–H and O–H groups in total. The predicted octanol–water partition coefficient (Wildman–Crippen LogP) is 21.8. The number of piperidine rings is 2. The van der Waals surface area contributed by atoms with E-state index in [0.717, 1.165) is 150 Å². The van der Waals surface area contributed by atoms with Crippen LogP contribution in [0.4, 0.5) is 40.8 Å². The standard InChI is InChI=1S/C28H29Cl2FN4O2.C26H27Cl2FN4O2.C25H25Cl2FN4O3.C25H23Cl2FN4O2/c1-17(24-21(29)6-7-22(31)25(24)30)37-23-14-20(15-34-26(23)32)18-2-4-19(5-3-18)27(36)35-13-10-28(16-35)8-11-33-12-9-28;1-15(23-20(27)8-9-21(29)24(23)28)35-22-11-19(14-32-25(22)30)17-4-6-18(7-5-17)26(34)33-13-16-3-2-10-31-12-16;1-14(22-18(26)5-6-19(28)23(22)27)35-21-12-16(13-31-24(21)29)15-3-4-17(20(11-15)34-2)25(33)32-9-7-30-8-10-32;1-14(22-19(26)6-7-20(28)23(22)27)34-21-10-17(11-30-24(21)29)15-2-4-16(5-3-15)25(33)32-9-8-31-12-18(32)13-31/h2-7,14-15,17,33H,8-13,16H2,1H3,(H2,32,34);4-9,11,14-16,31H,2-3,10,12-13H2,1H3,(H2,30,32)(H,33,34);3-6,11-14,30H,7-10H2,1-2H3,(H2,29,31);2-7,10-11,14,18H,8-9,12-13H2,1H3,(H2,29,30). The number of nitrogen functional groups attached to an aromatic ring is 4. The van der Waals surface area contributed by atoms with Crippen LogP contribution in [0.15, 0.2) is 189 Å². The fourth-order valence-electron chi connectivity index (χ4n) is 17.9.